The van der Waals surface area contributed by atoms with Crippen LogP contribution in [-0.2, 0) is 10.0 Å². The first kappa shape index (κ1) is 15.8. The Morgan fingerprint density at radius 1 is 1.38 bits per heavy atom. The summed E-state index contributed by atoms with van der Waals surface area (Å²) in [6.45, 7) is 5.17. The van der Waals surface area contributed by atoms with Crippen LogP contribution < -0.4 is 10.5 Å². The number of nitrogen functional groups attached to an aromatic ring is 1. The van der Waals surface area contributed by atoms with Gasteiger partial charge in [-0.1, -0.05) is 0 Å². The summed E-state index contributed by atoms with van der Waals surface area (Å²) in [5, 5.41) is 0.647. The van der Waals surface area contributed by atoms with Crippen LogP contribution in [0.5, 0.6) is 0 Å². The SMILES string of the molecule is CC(C)N(C)CCNS(=O)(=O)c1c[nH]c2cc(N)ccc12. The Labute approximate surface area is 125 Å². The molecule has 0 spiro atoms. The van der Waals surface area contributed by atoms with E-state index in [2.05, 4.69) is 28.5 Å². The molecule has 0 unspecified atom stereocenters. The Morgan fingerprint density at radius 2 is 2.10 bits per heavy atom. The number of likely N-dealkylation sites (N-methyl/N-ethyl adjacent to an activating group) is 1. The Balaban J connectivity index is 2.15. The van der Waals surface area contributed by atoms with Crippen LogP contribution in [0.15, 0.2) is 29.3 Å². The largest absolute Gasteiger partial charge is 0.399 e. The minimum absolute atomic E-state index is 0.254. The van der Waals surface area contributed by atoms with Gasteiger partial charge >= 0.3 is 0 Å². The van der Waals surface area contributed by atoms with E-state index in [-0.39, 0.29) is 4.90 Å². The molecule has 0 radical (unpaired) electrons. The van der Waals surface area contributed by atoms with E-state index in [1.54, 1.807) is 18.2 Å². The van der Waals surface area contributed by atoms with Crippen LogP contribution in [0.1, 0.15) is 13.8 Å². The van der Waals surface area contributed by atoms with Crippen molar-refractivity contribution >= 4 is 26.6 Å². The summed E-state index contributed by atoms with van der Waals surface area (Å²) >= 11 is 0. The van der Waals surface area contributed by atoms with Crippen molar-refractivity contribution in [2.24, 2.45) is 0 Å². The van der Waals surface area contributed by atoms with E-state index in [0.717, 1.165) is 5.52 Å². The van der Waals surface area contributed by atoms with Gasteiger partial charge in [-0.2, -0.15) is 0 Å². The number of benzene rings is 1. The molecular formula is C14H22N4O2S. The second-order valence-corrected chi connectivity index (χ2v) is 7.17. The molecule has 0 bridgehead atoms. The summed E-state index contributed by atoms with van der Waals surface area (Å²) in [6.07, 6.45) is 1.50. The molecule has 7 heteroatoms. The fourth-order valence-electron chi connectivity index (χ4n) is 2.03. The monoisotopic (exact) mass is 310 g/mol. The third kappa shape index (κ3) is 3.55. The normalized spacial score (nSPS) is 12.6. The highest BCUT2D eigenvalue weighted by Gasteiger charge is 2.18. The lowest BCUT2D eigenvalue weighted by Crippen LogP contribution is -2.36. The molecule has 1 aromatic heterocycles. The highest BCUT2D eigenvalue weighted by molar-refractivity contribution is 7.89. The Kier molecular flexibility index (Phi) is 4.55. The van der Waals surface area contributed by atoms with Gasteiger partial charge in [0.25, 0.3) is 0 Å². The van der Waals surface area contributed by atoms with Crippen LogP contribution in [0.2, 0.25) is 0 Å². The van der Waals surface area contributed by atoms with Crippen LogP contribution in [0.4, 0.5) is 5.69 Å². The zero-order chi connectivity index (χ0) is 15.6. The van der Waals surface area contributed by atoms with Gasteiger partial charge in [0.2, 0.25) is 10.0 Å². The average Bonchev–Trinajstić information content (AvgIpc) is 2.81. The number of nitrogens with one attached hydrogen (secondary N) is 2. The van der Waals surface area contributed by atoms with E-state index in [1.165, 1.54) is 6.20 Å². The number of H-pyrrole nitrogens is 1. The molecule has 0 amide bonds. The number of hydrogen-bond donors (Lipinski definition) is 3. The Bertz CT molecular complexity index is 722. The standard InChI is InChI=1S/C14H22N4O2S/c1-10(2)18(3)7-6-17-21(19,20)14-9-16-13-8-11(15)4-5-12(13)14/h4-5,8-10,16-17H,6-7,15H2,1-3H3. The summed E-state index contributed by atoms with van der Waals surface area (Å²) in [7, 11) is -1.56. The van der Waals surface area contributed by atoms with Crippen LogP contribution in [0, 0.1) is 0 Å². The predicted molar refractivity (Wildman–Crippen MR) is 85.7 cm³/mol. The lowest BCUT2D eigenvalue weighted by Gasteiger charge is -2.20. The summed E-state index contributed by atoms with van der Waals surface area (Å²) < 4.78 is 27.4. The van der Waals surface area contributed by atoms with Gasteiger partial charge in [-0.15, -0.1) is 0 Å². The van der Waals surface area contributed by atoms with Crippen molar-refractivity contribution < 1.29 is 8.42 Å². The fraction of sp³-hybridized carbons (Fsp3) is 0.429. The fourth-order valence-corrected chi connectivity index (χ4v) is 3.23. The second-order valence-electron chi connectivity index (χ2n) is 5.43. The highest BCUT2D eigenvalue weighted by atomic mass is 32.2. The van der Waals surface area contributed by atoms with Crippen molar-refractivity contribution in [3.8, 4) is 0 Å². The lowest BCUT2D eigenvalue weighted by atomic mass is 10.2. The highest BCUT2D eigenvalue weighted by Crippen LogP contribution is 2.24. The molecule has 1 heterocycles. The molecule has 0 fully saturated rings. The van der Waals surface area contributed by atoms with E-state index in [4.69, 9.17) is 5.73 Å². The van der Waals surface area contributed by atoms with Crippen LogP contribution in [0.25, 0.3) is 10.9 Å². The second kappa shape index (κ2) is 6.05. The number of hydrogen-bond acceptors (Lipinski definition) is 4. The molecule has 0 aliphatic carbocycles. The third-order valence-corrected chi connectivity index (χ3v) is 5.10. The number of nitrogens with zero attached hydrogens (tertiary/aromatic N) is 1. The molecule has 0 saturated carbocycles. The zero-order valence-corrected chi connectivity index (χ0v) is 13.4. The maximum absolute atomic E-state index is 12.4. The topological polar surface area (TPSA) is 91.2 Å². The van der Waals surface area contributed by atoms with Gasteiger partial charge in [0.05, 0.1) is 0 Å². The first-order chi connectivity index (χ1) is 9.81. The summed E-state index contributed by atoms with van der Waals surface area (Å²) in [6, 6.07) is 5.52. The van der Waals surface area contributed by atoms with E-state index in [9.17, 15) is 8.42 Å². The van der Waals surface area contributed by atoms with Crippen LogP contribution >= 0.6 is 0 Å². The van der Waals surface area contributed by atoms with Gasteiger partial charge in [0.15, 0.2) is 0 Å². The van der Waals surface area contributed by atoms with Gasteiger partial charge in [-0.05, 0) is 39.1 Å². The molecule has 0 aliphatic rings. The van der Waals surface area contributed by atoms with Crippen molar-refractivity contribution in [2.75, 3.05) is 25.9 Å². The molecule has 6 nitrogen and oxygen atoms in total. The number of aromatic amines is 1. The maximum Gasteiger partial charge on any atom is 0.242 e. The lowest BCUT2D eigenvalue weighted by molar-refractivity contribution is 0.278. The zero-order valence-electron chi connectivity index (χ0n) is 12.6. The van der Waals surface area contributed by atoms with Crippen LogP contribution in [0.3, 0.4) is 0 Å². The maximum atomic E-state index is 12.4. The summed E-state index contributed by atoms with van der Waals surface area (Å²) in [5.41, 5.74) is 7.01. The molecular weight excluding hydrogens is 288 g/mol. The van der Waals surface area contributed by atoms with Crippen LogP contribution in [-0.4, -0.2) is 44.5 Å². The number of aromatic nitrogens is 1. The molecule has 1 aromatic carbocycles. The van der Waals surface area contributed by atoms with Crippen molar-refractivity contribution in [2.45, 2.75) is 24.8 Å². The number of sulfonamides is 1. The molecule has 2 rings (SSSR count). The van der Waals surface area contributed by atoms with Gasteiger partial charge < -0.3 is 15.6 Å². The molecule has 0 aliphatic heterocycles. The first-order valence-corrected chi connectivity index (χ1v) is 8.36. The van der Waals surface area contributed by atoms with Crippen molar-refractivity contribution in [3.63, 3.8) is 0 Å². The molecule has 116 valence electrons. The Hall–Kier alpha value is -1.57. The smallest absolute Gasteiger partial charge is 0.242 e. The van der Waals surface area contributed by atoms with Gasteiger partial charge in [0, 0.05) is 41.9 Å². The Morgan fingerprint density at radius 3 is 2.76 bits per heavy atom. The average molecular weight is 310 g/mol. The van der Waals surface area contributed by atoms with Gasteiger partial charge in [0.1, 0.15) is 4.90 Å². The molecule has 0 saturated heterocycles. The van der Waals surface area contributed by atoms with Crippen molar-refractivity contribution in [1.82, 2.24) is 14.6 Å². The van der Waals surface area contributed by atoms with Crippen molar-refractivity contribution in [3.05, 3.63) is 24.4 Å². The number of anilines is 1. The third-order valence-electron chi connectivity index (χ3n) is 3.60. The minimum Gasteiger partial charge on any atom is -0.399 e. The predicted octanol–water partition coefficient (Wildman–Crippen LogP) is 1.37. The molecule has 21 heavy (non-hydrogen) atoms. The molecule has 4 N–H and O–H groups in total. The minimum atomic E-state index is -3.53. The number of rotatable bonds is 6. The summed E-state index contributed by atoms with van der Waals surface area (Å²) in [5.74, 6) is 0. The van der Waals surface area contributed by atoms with Crippen molar-refractivity contribution in [1.29, 1.82) is 0 Å². The van der Waals surface area contributed by atoms with E-state index in [0.29, 0.717) is 30.2 Å². The van der Waals surface area contributed by atoms with E-state index < -0.39 is 10.0 Å². The summed E-state index contributed by atoms with van der Waals surface area (Å²) in [4.78, 5) is 5.28. The van der Waals surface area contributed by atoms with E-state index in [1.807, 2.05) is 7.05 Å². The quantitative estimate of drug-likeness (QED) is 0.703. The van der Waals surface area contributed by atoms with Gasteiger partial charge in [-0.25, -0.2) is 13.1 Å². The molecule has 0 atom stereocenters. The molecule has 2 aromatic rings. The number of fused-ring (bicyclic) bond motifs is 1. The first-order valence-electron chi connectivity index (χ1n) is 6.88. The number of nitrogens with two attached hydrogens (primary N) is 1. The van der Waals surface area contributed by atoms with Gasteiger partial charge in [-0.3, -0.25) is 0 Å². The van der Waals surface area contributed by atoms with E-state index >= 15 is 0 Å².